The van der Waals surface area contributed by atoms with Gasteiger partial charge in [0.15, 0.2) is 5.82 Å². The van der Waals surface area contributed by atoms with Gasteiger partial charge in [-0.05, 0) is 24.3 Å². The van der Waals surface area contributed by atoms with Crippen molar-refractivity contribution in [1.82, 2.24) is 15.0 Å². The van der Waals surface area contributed by atoms with Crippen molar-refractivity contribution in [2.75, 3.05) is 0 Å². The summed E-state index contributed by atoms with van der Waals surface area (Å²) in [6.45, 7) is 0. The van der Waals surface area contributed by atoms with Gasteiger partial charge in [-0.2, -0.15) is 0 Å². The van der Waals surface area contributed by atoms with Gasteiger partial charge in [0.25, 0.3) is 17.7 Å². The van der Waals surface area contributed by atoms with Crippen LogP contribution in [0.15, 0.2) is 83.1 Å². The first-order valence-corrected chi connectivity index (χ1v) is 12.0. The smallest absolute Gasteiger partial charge is 0.225 e. The third-order valence-corrected chi connectivity index (χ3v) is 8.77. The van der Waals surface area contributed by atoms with Crippen LogP contribution in [0.3, 0.4) is 0 Å². The molecular formula is C16H12Cl3N3O4S2. The van der Waals surface area contributed by atoms with Crippen LogP contribution in [-0.2, 0) is 21.5 Å². The zero-order chi connectivity index (χ0) is 20.8. The van der Waals surface area contributed by atoms with Crippen molar-refractivity contribution in [2.24, 2.45) is 0 Å². The highest BCUT2D eigenvalue weighted by atomic mass is 35.6. The van der Waals surface area contributed by atoms with E-state index in [1.165, 1.54) is 61.2 Å². The summed E-state index contributed by atoms with van der Waals surface area (Å²) < 4.78 is 46.7. The summed E-state index contributed by atoms with van der Waals surface area (Å²) in [5.41, 5.74) is 0. The van der Waals surface area contributed by atoms with Crippen LogP contribution in [0.4, 0.5) is 0 Å². The maximum Gasteiger partial charge on any atom is 0.286 e. The molecule has 12 heteroatoms. The normalized spacial score (nSPS) is 12.0. The lowest BCUT2D eigenvalue weighted by molar-refractivity contribution is 0.582. The number of aromatic nitrogens is 3. The summed E-state index contributed by atoms with van der Waals surface area (Å²) in [5.74, 6) is 0.132. The second-order valence-electron chi connectivity index (χ2n) is 4.99. The molecule has 0 saturated heterocycles. The van der Waals surface area contributed by atoms with E-state index in [0.29, 0.717) is 0 Å². The molecule has 2 aromatic carbocycles. The van der Waals surface area contributed by atoms with Gasteiger partial charge in [-0.1, -0.05) is 71.2 Å². The SMILES string of the molecule is ClC(Cl)(Cl)c1ncncn1.O=S(=O)(c1ccccc1)S(=O)(=O)c1ccccc1. The molecule has 7 nitrogen and oxygen atoms in total. The highest BCUT2D eigenvalue weighted by Gasteiger charge is 2.33. The third kappa shape index (κ3) is 5.39. The number of benzene rings is 2. The Balaban J connectivity index is 0.000000237. The average molecular weight is 481 g/mol. The number of halogens is 3. The summed E-state index contributed by atoms with van der Waals surface area (Å²) in [4.78, 5) is 10.4. The fourth-order valence-corrected chi connectivity index (χ4v) is 5.78. The topological polar surface area (TPSA) is 107 Å². The summed E-state index contributed by atoms with van der Waals surface area (Å²) in [6, 6.07) is 14.2. The van der Waals surface area contributed by atoms with Crippen LogP contribution in [0.25, 0.3) is 0 Å². The van der Waals surface area contributed by atoms with E-state index >= 15 is 0 Å². The molecule has 3 aromatic rings. The minimum atomic E-state index is -4.42. The Hall–Kier alpha value is -1.78. The van der Waals surface area contributed by atoms with Crippen molar-refractivity contribution in [2.45, 2.75) is 13.6 Å². The summed E-state index contributed by atoms with van der Waals surface area (Å²) in [5, 5.41) is 0. The van der Waals surface area contributed by atoms with Crippen molar-refractivity contribution in [3.63, 3.8) is 0 Å². The fraction of sp³-hybridized carbons (Fsp3) is 0.0625. The summed E-state index contributed by atoms with van der Waals surface area (Å²) >= 11 is 16.3. The van der Waals surface area contributed by atoms with Gasteiger partial charge in [-0.15, -0.1) is 0 Å². The molecule has 148 valence electrons. The predicted molar refractivity (Wildman–Crippen MR) is 106 cm³/mol. The van der Waals surface area contributed by atoms with Crippen LogP contribution >= 0.6 is 34.8 Å². The molecule has 0 amide bonds. The number of nitrogens with zero attached hydrogens (tertiary/aromatic N) is 3. The quantitative estimate of drug-likeness (QED) is 0.417. The minimum absolute atomic E-state index is 0.132. The average Bonchev–Trinajstić information content (AvgIpc) is 2.70. The summed E-state index contributed by atoms with van der Waals surface area (Å²) in [6.07, 6.45) is 2.54. The number of rotatable bonds is 3. The van der Waals surface area contributed by atoms with Gasteiger partial charge in [0.1, 0.15) is 12.7 Å². The van der Waals surface area contributed by atoms with E-state index in [9.17, 15) is 16.8 Å². The van der Waals surface area contributed by atoms with Gasteiger partial charge in [0.2, 0.25) is 3.79 Å². The van der Waals surface area contributed by atoms with Gasteiger partial charge >= 0.3 is 0 Å². The second-order valence-corrected chi connectivity index (χ2v) is 12.7. The molecule has 3 rings (SSSR count). The lowest BCUT2D eigenvalue weighted by Crippen LogP contribution is -2.15. The Morgan fingerprint density at radius 2 is 1.00 bits per heavy atom. The molecule has 0 unspecified atom stereocenters. The molecule has 0 aliphatic carbocycles. The van der Waals surface area contributed by atoms with E-state index in [1.54, 1.807) is 12.1 Å². The Kier molecular flexibility index (Phi) is 7.35. The minimum Gasteiger partial charge on any atom is -0.225 e. The highest BCUT2D eigenvalue weighted by Crippen LogP contribution is 2.34. The molecule has 0 atom stereocenters. The van der Waals surface area contributed by atoms with Crippen molar-refractivity contribution in [1.29, 1.82) is 0 Å². The Morgan fingerprint density at radius 3 is 1.29 bits per heavy atom. The molecule has 0 fully saturated rings. The van der Waals surface area contributed by atoms with Gasteiger partial charge in [-0.25, -0.2) is 31.8 Å². The molecule has 0 bridgehead atoms. The van der Waals surface area contributed by atoms with Crippen molar-refractivity contribution in [3.05, 3.63) is 79.1 Å². The van der Waals surface area contributed by atoms with E-state index in [4.69, 9.17) is 34.8 Å². The zero-order valence-corrected chi connectivity index (χ0v) is 17.8. The molecule has 1 heterocycles. The molecule has 0 saturated carbocycles. The molecular weight excluding hydrogens is 469 g/mol. The van der Waals surface area contributed by atoms with Gasteiger partial charge in [0.05, 0.1) is 9.79 Å². The molecule has 0 N–H and O–H groups in total. The van der Waals surface area contributed by atoms with E-state index in [1.807, 2.05) is 0 Å². The van der Waals surface area contributed by atoms with Crippen LogP contribution in [0.1, 0.15) is 5.82 Å². The standard InChI is InChI=1S/C12H10O4S2.C4H2Cl3N3/c13-17(14,11-7-3-1-4-8-11)18(15,16)12-9-5-2-6-10-12;5-4(6,7)3-9-1-8-2-10-3/h1-10H;1-2H. The molecule has 28 heavy (non-hydrogen) atoms. The molecule has 0 aliphatic rings. The molecule has 0 spiro atoms. The predicted octanol–water partition coefficient (Wildman–Crippen LogP) is 3.55. The first kappa shape index (κ1) is 22.5. The van der Waals surface area contributed by atoms with E-state index in [2.05, 4.69) is 15.0 Å². The van der Waals surface area contributed by atoms with E-state index in [-0.39, 0.29) is 15.6 Å². The lowest BCUT2D eigenvalue weighted by atomic mass is 10.4. The lowest BCUT2D eigenvalue weighted by Gasteiger charge is -2.05. The largest absolute Gasteiger partial charge is 0.286 e. The van der Waals surface area contributed by atoms with Gasteiger partial charge in [0, 0.05) is 0 Å². The van der Waals surface area contributed by atoms with Crippen LogP contribution < -0.4 is 0 Å². The highest BCUT2D eigenvalue weighted by molar-refractivity contribution is 8.67. The maximum atomic E-state index is 12.1. The summed E-state index contributed by atoms with van der Waals surface area (Å²) in [7, 11) is -8.84. The van der Waals surface area contributed by atoms with Crippen LogP contribution in [0.2, 0.25) is 0 Å². The van der Waals surface area contributed by atoms with Gasteiger partial charge in [-0.3, -0.25) is 0 Å². The van der Waals surface area contributed by atoms with Crippen LogP contribution in [0, 0.1) is 0 Å². The van der Waals surface area contributed by atoms with Crippen molar-refractivity contribution >= 4 is 52.5 Å². The maximum absolute atomic E-state index is 12.1. The molecule has 1 aromatic heterocycles. The fourth-order valence-electron chi connectivity index (χ4n) is 1.81. The third-order valence-electron chi connectivity index (χ3n) is 3.10. The monoisotopic (exact) mass is 479 g/mol. The molecule has 0 radical (unpaired) electrons. The van der Waals surface area contributed by atoms with Gasteiger partial charge < -0.3 is 0 Å². The first-order chi connectivity index (χ1) is 13.1. The Morgan fingerprint density at radius 1 is 0.643 bits per heavy atom. The Bertz CT molecular complexity index is 1040. The Labute approximate surface area is 176 Å². The number of alkyl halides is 3. The number of hydrogen-bond acceptors (Lipinski definition) is 7. The van der Waals surface area contributed by atoms with Crippen LogP contribution in [-0.4, -0.2) is 31.8 Å². The van der Waals surface area contributed by atoms with E-state index < -0.39 is 21.5 Å². The first-order valence-electron chi connectivity index (χ1n) is 7.36. The number of hydrogen-bond donors (Lipinski definition) is 0. The second kappa shape index (κ2) is 9.15. The molecule has 0 aliphatic heterocycles. The zero-order valence-electron chi connectivity index (χ0n) is 13.9. The van der Waals surface area contributed by atoms with E-state index in [0.717, 1.165) is 0 Å². The van der Waals surface area contributed by atoms with Crippen molar-refractivity contribution in [3.8, 4) is 0 Å². The van der Waals surface area contributed by atoms with Crippen molar-refractivity contribution < 1.29 is 16.8 Å². The van der Waals surface area contributed by atoms with Crippen LogP contribution in [0.5, 0.6) is 0 Å².